The molecule has 2 aliphatic heterocycles. The molecule has 22 heavy (non-hydrogen) atoms. The highest BCUT2D eigenvalue weighted by Crippen LogP contribution is 2.33. The maximum absolute atomic E-state index is 11.7. The summed E-state index contributed by atoms with van der Waals surface area (Å²) >= 11 is 0. The van der Waals surface area contributed by atoms with E-state index in [2.05, 4.69) is 4.90 Å². The van der Waals surface area contributed by atoms with E-state index in [1.165, 1.54) is 6.07 Å². The van der Waals surface area contributed by atoms with E-state index in [1.54, 1.807) is 0 Å². The van der Waals surface area contributed by atoms with Crippen molar-refractivity contribution in [2.24, 2.45) is 0 Å². The predicted molar refractivity (Wildman–Crippen MR) is 82.1 cm³/mol. The van der Waals surface area contributed by atoms with Gasteiger partial charge in [-0.2, -0.15) is 0 Å². The summed E-state index contributed by atoms with van der Waals surface area (Å²) in [4.78, 5) is 13.9. The molecule has 0 spiro atoms. The first-order valence-electron chi connectivity index (χ1n) is 7.74. The first-order chi connectivity index (χ1) is 10.7. The third-order valence-electron chi connectivity index (χ3n) is 4.45. The van der Waals surface area contributed by atoms with Gasteiger partial charge in [-0.1, -0.05) is 0 Å². The van der Waals surface area contributed by atoms with Gasteiger partial charge >= 0.3 is 5.63 Å². The molecule has 0 N–H and O–H groups in total. The number of fused-ring (bicyclic) bond motifs is 3. The number of benzene rings is 1. The lowest BCUT2D eigenvalue weighted by Gasteiger charge is -2.30. The molecule has 4 rings (SSSR count). The molecular weight excluding hydrogens is 282 g/mol. The summed E-state index contributed by atoms with van der Waals surface area (Å²) in [5, 5.41) is 0.973. The summed E-state index contributed by atoms with van der Waals surface area (Å²) in [5.74, 6) is 0.810. The van der Waals surface area contributed by atoms with E-state index in [0.717, 1.165) is 54.8 Å². The minimum absolute atomic E-state index is 0.286. The van der Waals surface area contributed by atoms with Crippen LogP contribution in [0.25, 0.3) is 11.0 Å². The molecule has 116 valence electrons. The van der Waals surface area contributed by atoms with Crippen molar-refractivity contribution in [2.45, 2.75) is 32.4 Å². The Morgan fingerprint density at radius 3 is 3.09 bits per heavy atom. The zero-order chi connectivity index (χ0) is 15.1. The Labute approximate surface area is 128 Å². The predicted octanol–water partition coefficient (Wildman–Crippen LogP) is 2.43. The molecule has 0 amide bonds. The third kappa shape index (κ3) is 2.40. The summed E-state index contributed by atoms with van der Waals surface area (Å²) in [6, 6.07) is 5.46. The fourth-order valence-corrected chi connectivity index (χ4v) is 3.33. The Morgan fingerprint density at radius 2 is 2.27 bits per heavy atom. The average Bonchev–Trinajstić information content (AvgIpc) is 3.00. The monoisotopic (exact) mass is 301 g/mol. The summed E-state index contributed by atoms with van der Waals surface area (Å²) in [5.41, 5.74) is 2.24. The van der Waals surface area contributed by atoms with Crippen LogP contribution in [0.4, 0.5) is 0 Å². The molecule has 3 heterocycles. The molecular formula is C17H19NO4. The minimum Gasteiger partial charge on any atom is -0.478 e. The maximum Gasteiger partial charge on any atom is 0.336 e. The smallest absolute Gasteiger partial charge is 0.336 e. The van der Waals surface area contributed by atoms with Crippen LogP contribution >= 0.6 is 0 Å². The van der Waals surface area contributed by atoms with Crippen molar-refractivity contribution in [2.75, 3.05) is 19.9 Å². The van der Waals surface area contributed by atoms with Crippen molar-refractivity contribution < 1.29 is 13.9 Å². The highest BCUT2D eigenvalue weighted by atomic mass is 16.5. The van der Waals surface area contributed by atoms with Crippen LogP contribution in [0.15, 0.2) is 27.4 Å². The zero-order valence-electron chi connectivity index (χ0n) is 12.6. The number of aryl methyl sites for hydroxylation is 1. The molecule has 1 aromatic heterocycles. The van der Waals surface area contributed by atoms with E-state index in [4.69, 9.17) is 13.9 Å². The molecule has 1 fully saturated rings. The Morgan fingerprint density at radius 1 is 1.36 bits per heavy atom. The molecule has 1 saturated heterocycles. The highest BCUT2D eigenvalue weighted by molar-refractivity contribution is 5.85. The largest absolute Gasteiger partial charge is 0.478 e. The molecule has 2 aromatic rings. The van der Waals surface area contributed by atoms with Crippen molar-refractivity contribution in [1.82, 2.24) is 4.90 Å². The SMILES string of the molecule is Cc1cc(=O)oc2c3c(ccc12)OCN(C[C@H]1CCCO1)C3. The quantitative estimate of drug-likeness (QED) is 0.797. The molecule has 1 atom stereocenters. The first-order valence-corrected chi connectivity index (χ1v) is 7.74. The van der Waals surface area contributed by atoms with Crippen molar-refractivity contribution >= 4 is 11.0 Å². The Kier molecular flexibility index (Phi) is 3.39. The van der Waals surface area contributed by atoms with Gasteiger partial charge in [-0.3, -0.25) is 4.90 Å². The summed E-state index contributed by atoms with van der Waals surface area (Å²) in [7, 11) is 0. The molecule has 0 aliphatic carbocycles. The van der Waals surface area contributed by atoms with Gasteiger partial charge < -0.3 is 13.9 Å². The fraction of sp³-hybridized carbons (Fsp3) is 0.471. The summed E-state index contributed by atoms with van der Waals surface area (Å²) < 4.78 is 17.0. The molecule has 1 aromatic carbocycles. The van der Waals surface area contributed by atoms with Crippen LogP contribution in [-0.4, -0.2) is 30.9 Å². The van der Waals surface area contributed by atoms with Gasteiger partial charge in [0.25, 0.3) is 0 Å². The van der Waals surface area contributed by atoms with Crippen molar-refractivity contribution in [3.8, 4) is 5.75 Å². The summed E-state index contributed by atoms with van der Waals surface area (Å²) in [6.45, 7) is 4.91. The zero-order valence-corrected chi connectivity index (χ0v) is 12.6. The second kappa shape index (κ2) is 5.41. The molecule has 0 radical (unpaired) electrons. The Hall–Kier alpha value is -1.85. The number of rotatable bonds is 2. The van der Waals surface area contributed by atoms with Gasteiger partial charge in [0.1, 0.15) is 18.1 Å². The topological polar surface area (TPSA) is 51.9 Å². The lowest BCUT2D eigenvalue weighted by atomic mass is 10.0. The molecule has 0 saturated carbocycles. The van der Waals surface area contributed by atoms with Crippen molar-refractivity contribution in [1.29, 1.82) is 0 Å². The normalized spacial score (nSPS) is 21.8. The second-order valence-electron chi connectivity index (χ2n) is 6.09. The molecule has 0 unspecified atom stereocenters. The maximum atomic E-state index is 11.7. The summed E-state index contributed by atoms with van der Waals surface area (Å²) in [6.07, 6.45) is 2.52. The van der Waals surface area contributed by atoms with Crippen LogP contribution in [-0.2, 0) is 11.3 Å². The van der Waals surface area contributed by atoms with E-state index in [0.29, 0.717) is 12.3 Å². The van der Waals surface area contributed by atoms with E-state index < -0.39 is 0 Å². The van der Waals surface area contributed by atoms with Gasteiger partial charge in [0.05, 0.1) is 11.7 Å². The van der Waals surface area contributed by atoms with E-state index in [1.807, 2.05) is 19.1 Å². The second-order valence-corrected chi connectivity index (χ2v) is 6.09. The molecule has 0 bridgehead atoms. The lowest BCUT2D eigenvalue weighted by molar-refractivity contribution is 0.0281. The van der Waals surface area contributed by atoms with Crippen LogP contribution in [0.1, 0.15) is 24.0 Å². The van der Waals surface area contributed by atoms with Crippen LogP contribution < -0.4 is 10.4 Å². The van der Waals surface area contributed by atoms with Crippen LogP contribution in [0.3, 0.4) is 0 Å². The van der Waals surface area contributed by atoms with E-state index in [9.17, 15) is 4.79 Å². The lowest BCUT2D eigenvalue weighted by Crippen LogP contribution is -2.37. The Balaban J connectivity index is 1.69. The van der Waals surface area contributed by atoms with Gasteiger partial charge in [0.2, 0.25) is 0 Å². The van der Waals surface area contributed by atoms with Gasteiger partial charge in [-0.15, -0.1) is 0 Å². The van der Waals surface area contributed by atoms with Crippen LogP contribution in [0.5, 0.6) is 5.75 Å². The molecule has 5 nitrogen and oxygen atoms in total. The number of nitrogens with zero attached hydrogens (tertiary/aromatic N) is 1. The first kappa shape index (κ1) is 13.8. The standard InChI is InChI=1S/C17H19NO4/c1-11-7-16(19)22-17-13(11)4-5-15-14(17)9-18(10-21-15)8-12-3-2-6-20-12/h4-5,7,12H,2-3,6,8-10H2,1H3/t12-/m1/s1. The van der Waals surface area contributed by atoms with Crippen LogP contribution in [0.2, 0.25) is 0 Å². The highest BCUT2D eigenvalue weighted by Gasteiger charge is 2.25. The average molecular weight is 301 g/mol. The number of ether oxygens (including phenoxy) is 2. The van der Waals surface area contributed by atoms with Gasteiger partial charge in [-0.05, 0) is 37.5 Å². The number of hydrogen-bond acceptors (Lipinski definition) is 5. The molecule has 2 aliphatic rings. The number of hydrogen-bond donors (Lipinski definition) is 0. The van der Waals surface area contributed by atoms with Gasteiger partial charge in [-0.25, -0.2) is 4.79 Å². The van der Waals surface area contributed by atoms with Crippen molar-refractivity contribution in [3.05, 3.63) is 39.7 Å². The van der Waals surface area contributed by atoms with Gasteiger partial charge in [0.15, 0.2) is 0 Å². The van der Waals surface area contributed by atoms with Crippen LogP contribution in [0, 0.1) is 6.92 Å². The molecule has 5 heteroatoms. The van der Waals surface area contributed by atoms with Gasteiger partial charge in [0, 0.05) is 31.1 Å². The minimum atomic E-state index is -0.311. The van der Waals surface area contributed by atoms with E-state index in [-0.39, 0.29) is 11.7 Å². The van der Waals surface area contributed by atoms with E-state index >= 15 is 0 Å². The Bertz CT molecular complexity index is 761. The fourth-order valence-electron chi connectivity index (χ4n) is 3.33. The van der Waals surface area contributed by atoms with Crippen molar-refractivity contribution in [3.63, 3.8) is 0 Å². The third-order valence-corrected chi connectivity index (χ3v) is 4.45.